The monoisotopic (exact) mass is 359 g/mol. The lowest BCUT2D eigenvalue weighted by Crippen LogP contribution is -2.43. The van der Waals surface area contributed by atoms with Crippen molar-refractivity contribution in [1.29, 1.82) is 0 Å². The van der Waals surface area contributed by atoms with Gasteiger partial charge in [0.2, 0.25) is 5.91 Å². The maximum atomic E-state index is 13.0. The summed E-state index contributed by atoms with van der Waals surface area (Å²) in [5, 5.41) is 0. The van der Waals surface area contributed by atoms with Crippen LogP contribution in [0.2, 0.25) is 0 Å². The number of hydrogen-bond donors (Lipinski definition) is 0. The van der Waals surface area contributed by atoms with E-state index < -0.39 is 0 Å². The van der Waals surface area contributed by atoms with Crippen LogP contribution in [0.3, 0.4) is 0 Å². The smallest absolute Gasteiger partial charge is 0.242 e. The maximum Gasteiger partial charge on any atom is 0.242 e. The number of carbonyl (C=O) groups excluding carboxylic acids is 1. The number of benzene rings is 2. The Kier molecular flexibility index (Phi) is 5.05. The molecule has 1 atom stereocenters. The van der Waals surface area contributed by atoms with Crippen LogP contribution in [0.1, 0.15) is 37.6 Å². The second kappa shape index (κ2) is 7.78. The summed E-state index contributed by atoms with van der Waals surface area (Å²) >= 11 is 0. The van der Waals surface area contributed by atoms with E-state index in [4.69, 9.17) is 4.98 Å². The molecule has 1 aromatic heterocycles. The van der Waals surface area contributed by atoms with Crippen LogP contribution in [0.25, 0.3) is 23.2 Å². The molecular weight excluding hydrogens is 334 g/mol. The zero-order chi connectivity index (χ0) is 18.6. The molecule has 1 fully saturated rings. The van der Waals surface area contributed by atoms with Gasteiger partial charge in [-0.15, -0.1) is 0 Å². The van der Waals surface area contributed by atoms with Gasteiger partial charge in [-0.3, -0.25) is 4.79 Å². The van der Waals surface area contributed by atoms with Crippen molar-refractivity contribution in [1.82, 2.24) is 14.5 Å². The molecule has 0 bridgehead atoms. The van der Waals surface area contributed by atoms with Crippen LogP contribution in [-0.2, 0) is 11.3 Å². The van der Waals surface area contributed by atoms with Gasteiger partial charge in [-0.2, -0.15) is 0 Å². The Morgan fingerprint density at radius 2 is 1.85 bits per heavy atom. The molecule has 1 aliphatic heterocycles. The molecule has 1 unspecified atom stereocenters. The van der Waals surface area contributed by atoms with Crippen LogP contribution < -0.4 is 0 Å². The number of imidazole rings is 1. The van der Waals surface area contributed by atoms with Crippen LogP contribution in [0.4, 0.5) is 0 Å². The average molecular weight is 359 g/mol. The molecule has 2 aromatic carbocycles. The van der Waals surface area contributed by atoms with Crippen LogP contribution in [0.15, 0.2) is 54.6 Å². The zero-order valence-electron chi connectivity index (χ0n) is 15.7. The van der Waals surface area contributed by atoms with Gasteiger partial charge in [0.15, 0.2) is 0 Å². The summed E-state index contributed by atoms with van der Waals surface area (Å²) in [7, 11) is 0. The van der Waals surface area contributed by atoms with E-state index in [0.717, 1.165) is 41.8 Å². The zero-order valence-corrected chi connectivity index (χ0v) is 15.7. The number of hydrogen-bond acceptors (Lipinski definition) is 2. The first-order valence-corrected chi connectivity index (χ1v) is 9.70. The molecule has 0 spiro atoms. The highest BCUT2D eigenvalue weighted by Gasteiger charge is 2.24. The molecule has 4 heteroatoms. The van der Waals surface area contributed by atoms with Gasteiger partial charge in [-0.25, -0.2) is 4.98 Å². The summed E-state index contributed by atoms with van der Waals surface area (Å²) in [5.74, 6) is 0.998. The van der Waals surface area contributed by atoms with Crippen LogP contribution in [-0.4, -0.2) is 32.9 Å². The minimum absolute atomic E-state index is 0.180. The molecule has 4 nitrogen and oxygen atoms in total. The third-order valence-corrected chi connectivity index (χ3v) is 5.33. The summed E-state index contributed by atoms with van der Waals surface area (Å²) in [5.41, 5.74) is 3.04. The van der Waals surface area contributed by atoms with Crippen molar-refractivity contribution in [2.24, 2.45) is 0 Å². The Morgan fingerprint density at radius 1 is 1.07 bits per heavy atom. The van der Waals surface area contributed by atoms with Gasteiger partial charge in [0.25, 0.3) is 0 Å². The fourth-order valence-electron chi connectivity index (χ4n) is 3.82. The highest BCUT2D eigenvalue weighted by molar-refractivity contribution is 5.83. The van der Waals surface area contributed by atoms with Crippen LogP contribution in [0, 0.1) is 0 Å². The first-order chi connectivity index (χ1) is 13.2. The van der Waals surface area contributed by atoms with Gasteiger partial charge in [-0.05, 0) is 50.0 Å². The van der Waals surface area contributed by atoms with Crippen molar-refractivity contribution >= 4 is 29.1 Å². The van der Waals surface area contributed by atoms with E-state index in [2.05, 4.69) is 19.1 Å². The molecule has 138 valence electrons. The van der Waals surface area contributed by atoms with Crippen molar-refractivity contribution in [3.05, 3.63) is 66.0 Å². The van der Waals surface area contributed by atoms with Gasteiger partial charge in [0, 0.05) is 12.6 Å². The molecule has 1 saturated heterocycles. The highest BCUT2D eigenvalue weighted by atomic mass is 16.2. The van der Waals surface area contributed by atoms with Crippen molar-refractivity contribution in [3.63, 3.8) is 0 Å². The van der Waals surface area contributed by atoms with E-state index >= 15 is 0 Å². The number of aromatic nitrogens is 2. The summed E-state index contributed by atoms with van der Waals surface area (Å²) in [6.45, 7) is 3.35. The first-order valence-electron chi connectivity index (χ1n) is 9.70. The number of piperidine rings is 1. The van der Waals surface area contributed by atoms with E-state index in [1.807, 2.05) is 64.1 Å². The Labute approximate surface area is 160 Å². The van der Waals surface area contributed by atoms with E-state index in [9.17, 15) is 4.79 Å². The molecule has 1 aliphatic rings. The van der Waals surface area contributed by atoms with Gasteiger partial charge < -0.3 is 9.47 Å². The minimum atomic E-state index is 0.180. The second-order valence-electron chi connectivity index (χ2n) is 7.22. The number of fused-ring (bicyclic) bond motifs is 1. The fraction of sp³-hybridized carbons (Fsp3) is 0.304. The quantitative estimate of drug-likeness (QED) is 0.682. The predicted octanol–water partition coefficient (Wildman–Crippen LogP) is 4.61. The average Bonchev–Trinajstić information content (AvgIpc) is 3.05. The summed E-state index contributed by atoms with van der Waals surface area (Å²) in [6, 6.07) is 18.5. The van der Waals surface area contributed by atoms with E-state index in [1.165, 1.54) is 6.42 Å². The summed E-state index contributed by atoms with van der Waals surface area (Å²) in [6.07, 6.45) is 7.46. The normalized spacial score (nSPS) is 17.7. The van der Waals surface area contributed by atoms with Gasteiger partial charge in [0.1, 0.15) is 12.4 Å². The van der Waals surface area contributed by atoms with Crippen molar-refractivity contribution in [2.75, 3.05) is 6.54 Å². The van der Waals surface area contributed by atoms with Gasteiger partial charge in [-0.1, -0.05) is 48.5 Å². The first kappa shape index (κ1) is 17.5. The lowest BCUT2D eigenvalue weighted by molar-refractivity contribution is -0.135. The minimum Gasteiger partial charge on any atom is -0.338 e. The molecule has 4 rings (SSSR count). The molecule has 0 saturated carbocycles. The molecule has 1 amide bonds. The Morgan fingerprint density at radius 3 is 2.67 bits per heavy atom. The SMILES string of the molecule is CC1CCCCN1C(=O)Cn1c(/C=C/c2ccccc2)nc2ccccc21. The third-order valence-electron chi connectivity index (χ3n) is 5.33. The largest absolute Gasteiger partial charge is 0.338 e. The lowest BCUT2D eigenvalue weighted by Gasteiger charge is -2.33. The number of amides is 1. The number of para-hydroxylation sites is 2. The molecular formula is C23H25N3O. The fourth-order valence-corrected chi connectivity index (χ4v) is 3.82. The van der Waals surface area contributed by atoms with Crippen molar-refractivity contribution in [3.8, 4) is 0 Å². The van der Waals surface area contributed by atoms with Crippen LogP contribution in [0.5, 0.6) is 0 Å². The highest BCUT2D eigenvalue weighted by Crippen LogP contribution is 2.21. The third kappa shape index (κ3) is 3.80. The Balaban J connectivity index is 1.66. The van der Waals surface area contributed by atoms with Gasteiger partial charge in [0.05, 0.1) is 11.0 Å². The van der Waals surface area contributed by atoms with E-state index in [0.29, 0.717) is 12.6 Å². The maximum absolute atomic E-state index is 13.0. The van der Waals surface area contributed by atoms with Crippen molar-refractivity contribution < 1.29 is 4.79 Å². The van der Waals surface area contributed by atoms with Crippen LogP contribution >= 0.6 is 0 Å². The van der Waals surface area contributed by atoms with Crippen molar-refractivity contribution in [2.45, 2.75) is 38.8 Å². The number of carbonyl (C=O) groups is 1. The van der Waals surface area contributed by atoms with Gasteiger partial charge >= 0.3 is 0 Å². The Bertz CT molecular complexity index is 958. The number of rotatable bonds is 4. The molecule has 3 aromatic rings. The molecule has 0 aliphatic carbocycles. The predicted molar refractivity (Wildman–Crippen MR) is 110 cm³/mol. The standard InChI is InChI=1S/C23H25N3O/c1-18-9-7-8-16-25(18)23(27)17-26-21-13-6-5-12-20(21)24-22(26)15-14-19-10-3-2-4-11-19/h2-6,10-15,18H,7-9,16-17H2,1H3/b15-14+. The molecule has 0 N–H and O–H groups in total. The molecule has 0 radical (unpaired) electrons. The summed E-state index contributed by atoms with van der Waals surface area (Å²) in [4.78, 5) is 19.8. The molecule has 2 heterocycles. The topological polar surface area (TPSA) is 38.1 Å². The number of nitrogens with zero attached hydrogens (tertiary/aromatic N) is 3. The number of likely N-dealkylation sites (tertiary alicyclic amines) is 1. The Hall–Kier alpha value is -2.88. The lowest BCUT2D eigenvalue weighted by atomic mass is 10.0. The second-order valence-corrected chi connectivity index (χ2v) is 7.22. The van der Waals surface area contributed by atoms with E-state index in [1.54, 1.807) is 0 Å². The van der Waals surface area contributed by atoms with E-state index in [-0.39, 0.29) is 5.91 Å². The summed E-state index contributed by atoms with van der Waals surface area (Å²) < 4.78 is 2.04. The molecule has 27 heavy (non-hydrogen) atoms.